The fourth-order valence-electron chi connectivity index (χ4n) is 3.12. The lowest BCUT2D eigenvalue weighted by molar-refractivity contribution is -0.00342. The summed E-state index contributed by atoms with van der Waals surface area (Å²) in [5.41, 5.74) is 3.98. The Labute approximate surface area is 205 Å². The van der Waals surface area contributed by atoms with E-state index in [1.54, 1.807) is 17.9 Å². The third-order valence-electron chi connectivity index (χ3n) is 4.81. The molecule has 0 aliphatic heterocycles. The first-order chi connectivity index (χ1) is 15.6. The van der Waals surface area contributed by atoms with Crippen LogP contribution in [-0.4, -0.2) is 48.5 Å². The van der Waals surface area contributed by atoms with Crippen LogP contribution in [0.4, 0.5) is 4.79 Å². The first kappa shape index (κ1) is 26.7. The van der Waals surface area contributed by atoms with Crippen LogP contribution in [0.2, 0.25) is 5.02 Å². The van der Waals surface area contributed by atoms with Gasteiger partial charge in [0.2, 0.25) is 6.79 Å². The molecule has 1 aromatic carbocycles. The monoisotopic (exact) mass is 495 g/mol. The number of alkyl halides is 1. The van der Waals surface area contributed by atoms with Gasteiger partial charge in [0.1, 0.15) is 12.3 Å². The highest BCUT2D eigenvalue weighted by Crippen LogP contribution is 2.34. The number of allylic oxidation sites excluding steroid dienone is 1. The van der Waals surface area contributed by atoms with Crippen molar-refractivity contribution < 1.29 is 19.0 Å². The number of ether oxygens (including phenoxy) is 3. The Bertz CT molecular complexity index is 1010. The number of aryl methyl sites for hydroxylation is 2. The van der Waals surface area contributed by atoms with Crippen LogP contribution in [0.5, 0.6) is 0 Å². The van der Waals surface area contributed by atoms with Crippen molar-refractivity contribution in [1.82, 2.24) is 9.78 Å². The van der Waals surface area contributed by atoms with Crippen LogP contribution >= 0.6 is 23.2 Å². The fraction of sp³-hybridized carbons (Fsp3) is 0.458. The van der Waals surface area contributed by atoms with Gasteiger partial charge >= 0.3 is 6.16 Å². The van der Waals surface area contributed by atoms with Crippen LogP contribution in [0.1, 0.15) is 50.2 Å². The van der Waals surface area contributed by atoms with Crippen molar-refractivity contribution in [2.45, 2.75) is 46.6 Å². The minimum atomic E-state index is -0.874. The van der Waals surface area contributed by atoms with Crippen molar-refractivity contribution in [2.75, 3.05) is 26.3 Å². The summed E-state index contributed by atoms with van der Waals surface area (Å²) in [4.78, 5) is 16.0. The van der Waals surface area contributed by atoms with Crippen LogP contribution in [0.25, 0.3) is 11.3 Å². The van der Waals surface area contributed by atoms with Crippen molar-refractivity contribution in [2.24, 2.45) is 4.99 Å². The van der Waals surface area contributed by atoms with Gasteiger partial charge in [-0.05, 0) is 30.4 Å². The number of aromatic nitrogens is 2. The summed E-state index contributed by atoms with van der Waals surface area (Å²) in [6, 6.07) is 8.15. The Kier molecular flexibility index (Phi) is 9.80. The summed E-state index contributed by atoms with van der Waals surface area (Å²) in [6.07, 6.45) is 0.813. The Hall–Kier alpha value is -2.51. The third-order valence-corrected chi connectivity index (χ3v) is 5.42. The molecule has 1 heterocycles. The topological polar surface area (TPSA) is 74.9 Å². The summed E-state index contributed by atoms with van der Waals surface area (Å²) in [7, 11) is 1.67. The Morgan fingerprint density at radius 3 is 2.39 bits per heavy atom. The lowest BCUT2D eigenvalue weighted by atomic mass is 9.86. The number of hydrogen-bond acceptors (Lipinski definition) is 6. The van der Waals surface area contributed by atoms with Gasteiger partial charge in [-0.3, -0.25) is 9.67 Å². The molecule has 0 radical (unpaired) electrons. The lowest BCUT2D eigenvalue weighted by Gasteiger charge is -2.20. The summed E-state index contributed by atoms with van der Waals surface area (Å²) in [6.45, 7) is 10.5. The van der Waals surface area contributed by atoms with Gasteiger partial charge in [0.25, 0.3) is 0 Å². The van der Waals surface area contributed by atoms with Crippen LogP contribution in [-0.2, 0) is 26.2 Å². The number of carbonyl (C=O) groups excluding carboxylic acids is 1. The summed E-state index contributed by atoms with van der Waals surface area (Å²) >= 11 is 12.2. The summed E-state index contributed by atoms with van der Waals surface area (Å²) in [5.74, 6) is 0.564. The number of aliphatic imine (C=N–C) groups is 1. The number of rotatable bonds is 9. The average molecular weight is 496 g/mol. The first-order valence-electron chi connectivity index (χ1n) is 10.6. The van der Waals surface area contributed by atoms with Gasteiger partial charge in [-0.25, -0.2) is 4.79 Å². The highest BCUT2D eigenvalue weighted by Gasteiger charge is 2.23. The van der Waals surface area contributed by atoms with Gasteiger partial charge in [-0.15, -0.1) is 11.6 Å². The largest absolute Gasteiger partial charge is 0.511 e. The molecule has 0 aliphatic carbocycles. The van der Waals surface area contributed by atoms with E-state index in [4.69, 9.17) is 37.4 Å². The maximum Gasteiger partial charge on any atom is 0.511 e. The Morgan fingerprint density at radius 1 is 1.18 bits per heavy atom. The van der Waals surface area contributed by atoms with Crippen LogP contribution in [0.3, 0.4) is 0 Å². The number of carbonyl (C=O) groups is 1. The van der Waals surface area contributed by atoms with Gasteiger partial charge in [-0.1, -0.05) is 56.6 Å². The molecule has 180 valence electrons. The number of nitrogens with zero attached hydrogens (tertiary/aromatic N) is 3. The van der Waals surface area contributed by atoms with E-state index in [2.05, 4.69) is 43.0 Å². The molecule has 2 aromatic rings. The lowest BCUT2D eigenvalue weighted by Crippen LogP contribution is -2.14. The van der Waals surface area contributed by atoms with Crippen molar-refractivity contribution >= 4 is 46.9 Å². The highest BCUT2D eigenvalue weighted by atomic mass is 35.5. The van der Waals surface area contributed by atoms with Crippen molar-refractivity contribution in [3.63, 3.8) is 0 Å². The Balaban J connectivity index is 2.57. The van der Waals surface area contributed by atoms with E-state index >= 15 is 0 Å². The smallest absolute Gasteiger partial charge is 0.454 e. The number of hydrogen-bond donors (Lipinski definition) is 0. The van der Waals surface area contributed by atoms with E-state index < -0.39 is 6.16 Å². The van der Waals surface area contributed by atoms with Crippen molar-refractivity contribution in [3.05, 3.63) is 51.8 Å². The zero-order valence-electron chi connectivity index (χ0n) is 19.9. The third kappa shape index (κ3) is 6.98. The second-order valence-corrected chi connectivity index (χ2v) is 8.97. The van der Waals surface area contributed by atoms with Crippen LogP contribution < -0.4 is 0 Å². The minimum absolute atomic E-state index is 0.0130. The molecule has 9 heteroatoms. The molecule has 7 nitrogen and oxygen atoms in total. The number of benzene rings is 1. The maximum absolute atomic E-state index is 11.7. The predicted octanol–water partition coefficient (Wildman–Crippen LogP) is 6.10. The van der Waals surface area contributed by atoms with Crippen LogP contribution in [0, 0.1) is 6.92 Å². The molecule has 0 amide bonds. The zero-order chi connectivity index (χ0) is 24.6. The molecule has 1 aromatic heterocycles. The standard InChI is InChI=1S/C24H31Cl2N3O4/c1-7-29-21(20(26)16(2)28-29)22(32-15-33-23(30)31-13-12-25)19(14-27-6)17-8-10-18(11-9-17)24(3,4)5/h8-11,14H,7,12-13,15H2,1-6H3/b22-19-,27-14-. The predicted molar refractivity (Wildman–Crippen MR) is 133 cm³/mol. The average Bonchev–Trinajstić information content (AvgIpc) is 3.07. The van der Waals surface area contributed by atoms with Gasteiger partial charge in [0.05, 0.1) is 16.6 Å². The molecular weight excluding hydrogens is 465 g/mol. The van der Waals surface area contributed by atoms with Gasteiger partial charge in [0, 0.05) is 25.4 Å². The second kappa shape index (κ2) is 12.1. The van der Waals surface area contributed by atoms with Crippen LogP contribution in [0.15, 0.2) is 29.3 Å². The quantitative estimate of drug-likeness (QED) is 0.138. The van der Waals surface area contributed by atoms with E-state index in [1.807, 2.05) is 26.0 Å². The normalized spacial score (nSPS) is 12.6. The maximum atomic E-state index is 11.7. The highest BCUT2D eigenvalue weighted by molar-refractivity contribution is 6.33. The van der Waals surface area contributed by atoms with E-state index in [-0.39, 0.29) is 24.7 Å². The molecule has 0 spiro atoms. The van der Waals surface area contributed by atoms with Crippen molar-refractivity contribution in [3.8, 4) is 0 Å². The molecule has 0 fully saturated rings. The Morgan fingerprint density at radius 2 is 1.85 bits per heavy atom. The number of halogens is 2. The fourth-order valence-corrected chi connectivity index (χ4v) is 3.42. The molecule has 0 N–H and O–H groups in total. The molecule has 2 rings (SSSR count). The first-order valence-corrected chi connectivity index (χ1v) is 11.5. The minimum Gasteiger partial charge on any atom is -0.454 e. The SMILES string of the molecule is CCn1nc(C)c(Cl)c1/C(OCOC(=O)OCCCl)=C(\C=N/C)c1ccc(C(C)(C)C)cc1. The molecule has 0 aliphatic rings. The van der Waals surface area contributed by atoms with E-state index in [0.717, 1.165) is 5.56 Å². The van der Waals surface area contributed by atoms with Gasteiger partial charge in [0.15, 0.2) is 5.76 Å². The van der Waals surface area contributed by atoms with E-state index in [9.17, 15) is 4.79 Å². The molecule has 33 heavy (non-hydrogen) atoms. The molecule has 0 saturated heterocycles. The van der Waals surface area contributed by atoms with E-state index in [1.165, 1.54) is 5.56 Å². The van der Waals surface area contributed by atoms with Gasteiger partial charge < -0.3 is 14.2 Å². The van der Waals surface area contributed by atoms with Gasteiger partial charge in [-0.2, -0.15) is 5.10 Å². The van der Waals surface area contributed by atoms with E-state index in [0.29, 0.717) is 34.3 Å². The molecule has 0 bridgehead atoms. The summed E-state index contributed by atoms with van der Waals surface area (Å²) in [5, 5.41) is 4.94. The summed E-state index contributed by atoms with van der Waals surface area (Å²) < 4.78 is 17.6. The molecule has 0 unspecified atom stereocenters. The molecule has 0 saturated carbocycles. The molecular formula is C24H31Cl2N3O4. The molecule has 0 atom stereocenters. The zero-order valence-corrected chi connectivity index (χ0v) is 21.5. The second-order valence-electron chi connectivity index (χ2n) is 8.22. The van der Waals surface area contributed by atoms with Crippen molar-refractivity contribution in [1.29, 1.82) is 0 Å².